The van der Waals surface area contributed by atoms with E-state index in [0.29, 0.717) is 92.1 Å². The van der Waals surface area contributed by atoms with Crippen LogP contribution in [0.15, 0.2) is 48.9 Å². The number of nitrogens with zero attached hydrogens (tertiary/aromatic N) is 7. The molecular weight excluding hydrogens is 502 g/mol. The van der Waals surface area contributed by atoms with Gasteiger partial charge in [-0.1, -0.05) is 0 Å². The van der Waals surface area contributed by atoms with Crippen LogP contribution in [0, 0.1) is 0 Å². The van der Waals surface area contributed by atoms with Crippen molar-refractivity contribution in [3.63, 3.8) is 0 Å². The predicted molar refractivity (Wildman–Crippen MR) is 144 cm³/mol. The molecule has 200 valence electrons. The zero-order valence-corrected chi connectivity index (χ0v) is 21.1. The van der Waals surface area contributed by atoms with Crippen molar-refractivity contribution in [2.24, 2.45) is 0 Å². The molecule has 39 heavy (non-hydrogen) atoms. The number of morpholine rings is 2. The van der Waals surface area contributed by atoms with Crippen LogP contribution in [-0.2, 0) is 9.47 Å². The molecule has 0 unspecified atom stereocenters. The van der Waals surface area contributed by atoms with Crippen LogP contribution >= 0.6 is 0 Å². The number of hydrogen-bond donors (Lipinski definition) is 2. The van der Waals surface area contributed by atoms with E-state index in [9.17, 15) is 9.59 Å². The van der Waals surface area contributed by atoms with Gasteiger partial charge < -0.3 is 30.3 Å². The number of hydrogen-bond acceptors (Lipinski definition) is 10. The average Bonchev–Trinajstić information content (AvgIpc) is 3.42. The molecule has 0 spiro atoms. The standard InChI is InChI=1S/C26H27N9O4/c27-24-28-15-18(16-29-24)21-20-5-6-35(22(20)32-25(31-21)34-9-13-39-14-10-34)26(37)30-19-3-1-17(2-4-19)23(36)33-7-11-38-12-8-33/h1-6,15-16H,7-14H2,(H,30,37)(H2,27,28,29). The Balaban J connectivity index is 1.29. The summed E-state index contributed by atoms with van der Waals surface area (Å²) in [7, 11) is 0. The number of benzene rings is 1. The number of carbonyl (C=O) groups is 2. The molecule has 2 aliphatic heterocycles. The molecule has 2 amide bonds. The van der Waals surface area contributed by atoms with E-state index in [1.165, 1.54) is 4.57 Å². The van der Waals surface area contributed by atoms with Gasteiger partial charge in [0, 0.05) is 67.0 Å². The molecule has 2 saturated heterocycles. The van der Waals surface area contributed by atoms with E-state index >= 15 is 0 Å². The van der Waals surface area contributed by atoms with Gasteiger partial charge in [0.05, 0.1) is 32.1 Å². The van der Waals surface area contributed by atoms with Crippen molar-refractivity contribution < 1.29 is 19.1 Å². The third kappa shape index (κ3) is 5.09. The van der Waals surface area contributed by atoms with Gasteiger partial charge in [-0.3, -0.25) is 9.36 Å². The van der Waals surface area contributed by atoms with Crippen molar-refractivity contribution in [3.8, 4) is 11.3 Å². The van der Waals surface area contributed by atoms with Crippen LogP contribution in [0.5, 0.6) is 0 Å². The quantitative estimate of drug-likeness (QED) is 0.400. The summed E-state index contributed by atoms with van der Waals surface area (Å²) < 4.78 is 12.2. The van der Waals surface area contributed by atoms with Gasteiger partial charge in [-0.25, -0.2) is 19.7 Å². The van der Waals surface area contributed by atoms with E-state index in [1.807, 2.05) is 4.90 Å². The van der Waals surface area contributed by atoms with Crippen LogP contribution in [0.3, 0.4) is 0 Å². The summed E-state index contributed by atoms with van der Waals surface area (Å²) in [5.74, 6) is 0.586. The SMILES string of the molecule is Nc1ncc(-c2nc(N3CCOCC3)nc3c2ccn3C(=O)Nc2ccc(C(=O)N3CCOCC3)cc2)cn1. The third-order valence-corrected chi connectivity index (χ3v) is 6.67. The first-order valence-corrected chi connectivity index (χ1v) is 12.6. The van der Waals surface area contributed by atoms with E-state index in [0.717, 1.165) is 0 Å². The van der Waals surface area contributed by atoms with E-state index in [-0.39, 0.29) is 11.9 Å². The van der Waals surface area contributed by atoms with Crippen LogP contribution < -0.4 is 16.0 Å². The Morgan fingerprint density at radius 1 is 0.872 bits per heavy atom. The summed E-state index contributed by atoms with van der Waals surface area (Å²) in [4.78, 5) is 47.6. The van der Waals surface area contributed by atoms with Gasteiger partial charge in [0.15, 0.2) is 5.65 Å². The van der Waals surface area contributed by atoms with Crippen molar-refractivity contribution in [3.05, 3.63) is 54.5 Å². The molecule has 6 rings (SSSR count). The molecule has 13 nitrogen and oxygen atoms in total. The van der Waals surface area contributed by atoms with Crippen LogP contribution in [0.1, 0.15) is 10.4 Å². The van der Waals surface area contributed by atoms with Gasteiger partial charge in [0.1, 0.15) is 0 Å². The summed E-state index contributed by atoms with van der Waals surface area (Å²) in [6.07, 6.45) is 4.85. The Kier molecular flexibility index (Phi) is 6.73. The Morgan fingerprint density at radius 3 is 2.23 bits per heavy atom. The lowest BCUT2D eigenvalue weighted by molar-refractivity contribution is 0.0303. The molecule has 0 saturated carbocycles. The van der Waals surface area contributed by atoms with Crippen LogP contribution in [0.25, 0.3) is 22.3 Å². The number of fused-ring (bicyclic) bond motifs is 1. The number of amides is 2. The number of nitrogens with two attached hydrogens (primary N) is 1. The van der Waals surface area contributed by atoms with Crippen molar-refractivity contribution in [1.29, 1.82) is 0 Å². The Labute approximate surface area is 223 Å². The monoisotopic (exact) mass is 529 g/mol. The minimum Gasteiger partial charge on any atom is -0.378 e. The largest absolute Gasteiger partial charge is 0.378 e. The molecule has 4 aromatic rings. The smallest absolute Gasteiger partial charge is 0.331 e. The summed E-state index contributed by atoms with van der Waals surface area (Å²) in [5, 5.41) is 3.56. The molecule has 5 heterocycles. The fourth-order valence-electron chi connectivity index (χ4n) is 4.58. The summed E-state index contributed by atoms with van der Waals surface area (Å²) in [6.45, 7) is 4.59. The normalized spacial score (nSPS) is 15.9. The highest BCUT2D eigenvalue weighted by atomic mass is 16.5. The number of aromatic nitrogens is 5. The van der Waals surface area contributed by atoms with Gasteiger partial charge in [-0.2, -0.15) is 4.98 Å². The molecule has 0 atom stereocenters. The Morgan fingerprint density at radius 2 is 1.54 bits per heavy atom. The summed E-state index contributed by atoms with van der Waals surface area (Å²) >= 11 is 0. The van der Waals surface area contributed by atoms with E-state index < -0.39 is 6.03 Å². The number of anilines is 3. The summed E-state index contributed by atoms with van der Waals surface area (Å²) in [5.41, 5.74) is 8.48. The fourth-order valence-corrected chi connectivity index (χ4v) is 4.58. The van der Waals surface area contributed by atoms with E-state index in [4.69, 9.17) is 25.2 Å². The first-order chi connectivity index (χ1) is 19.1. The average molecular weight is 530 g/mol. The molecule has 3 aromatic heterocycles. The van der Waals surface area contributed by atoms with Crippen LogP contribution in [0.4, 0.5) is 22.4 Å². The number of nitrogens with one attached hydrogen (secondary N) is 1. The molecule has 3 N–H and O–H groups in total. The first-order valence-electron chi connectivity index (χ1n) is 12.6. The molecule has 2 fully saturated rings. The van der Waals surface area contributed by atoms with Crippen molar-refractivity contribution in [1.82, 2.24) is 29.4 Å². The van der Waals surface area contributed by atoms with Crippen molar-refractivity contribution in [2.75, 3.05) is 68.6 Å². The minimum atomic E-state index is -0.400. The number of carbonyl (C=O) groups excluding carboxylic acids is 2. The zero-order chi connectivity index (χ0) is 26.8. The maximum atomic E-state index is 13.4. The van der Waals surface area contributed by atoms with Gasteiger partial charge >= 0.3 is 6.03 Å². The molecule has 13 heteroatoms. The highest BCUT2D eigenvalue weighted by Crippen LogP contribution is 2.29. The lowest BCUT2D eigenvalue weighted by atomic mass is 10.1. The predicted octanol–water partition coefficient (Wildman–Crippen LogP) is 1.86. The van der Waals surface area contributed by atoms with Gasteiger partial charge in [-0.15, -0.1) is 0 Å². The molecule has 1 aromatic carbocycles. The third-order valence-electron chi connectivity index (χ3n) is 6.67. The Hall–Kier alpha value is -4.62. The highest BCUT2D eigenvalue weighted by Gasteiger charge is 2.22. The van der Waals surface area contributed by atoms with Crippen molar-refractivity contribution >= 4 is 40.6 Å². The molecular formula is C26H27N9O4. The maximum Gasteiger partial charge on any atom is 0.331 e. The maximum absolute atomic E-state index is 13.4. The first kappa shape index (κ1) is 24.7. The lowest BCUT2D eigenvalue weighted by Gasteiger charge is -2.27. The second-order valence-corrected chi connectivity index (χ2v) is 9.14. The minimum absolute atomic E-state index is 0.0564. The Bertz CT molecular complexity index is 1490. The number of ether oxygens (including phenoxy) is 2. The fraction of sp³-hybridized carbons (Fsp3) is 0.308. The number of nitrogen functional groups attached to an aromatic ring is 1. The van der Waals surface area contributed by atoms with Crippen molar-refractivity contribution in [2.45, 2.75) is 0 Å². The van der Waals surface area contributed by atoms with Crippen LogP contribution in [0.2, 0.25) is 0 Å². The zero-order valence-electron chi connectivity index (χ0n) is 21.1. The molecule has 0 bridgehead atoms. The molecule has 0 radical (unpaired) electrons. The van der Waals surface area contributed by atoms with E-state index in [2.05, 4.69) is 15.3 Å². The lowest BCUT2D eigenvalue weighted by Crippen LogP contribution is -2.40. The topological polar surface area (TPSA) is 154 Å². The second-order valence-electron chi connectivity index (χ2n) is 9.14. The summed E-state index contributed by atoms with van der Waals surface area (Å²) in [6, 6.07) is 8.22. The second kappa shape index (κ2) is 10.6. The van der Waals surface area contributed by atoms with Gasteiger partial charge in [0.2, 0.25) is 11.9 Å². The number of rotatable bonds is 4. The van der Waals surface area contributed by atoms with E-state index in [1.54, 1.807) is 53.8 Å². The molecule has 0 aliphatic carbocycles. The molecule has 2 aliphatic rings. The van der Waals surface area contributed by atoms with Crippen LogP contribution in [-0.4, -0.2) is 93.9 Å². The van der Waals surface area contributed by atoms with Gasteiger partial charge in [0.25, 0.3) is 5.91 Å². The highest BCUT2D eigenvalue weighted by molar-refractivity contribution is 6.01. The van der Waals surface area contributed by atoms with Gasteiger partial charge in [-0.05, 0) is 30.3 Å².